The van der Waals surface area contributed by atoms with Crippen LogP contribution in [0.5, 0.6) is 0 Å². The Morgan fingerprint density at radius 3 is 2.33 bits per heavy atom. The Bertz CT molecular complexity index is 179. The molecule has 0 aromatic carbocycles. The standard InChI is InChI=1S/C7H11FO3.Na/c1-3-5(9)6(8)7(10)11-4-2;/h10H,3-4H2,1-2H3;/q;+1/p-1/b7-6-;. The van der Waals surface area contributed by atoms with Gasteiger partial charge in [-0.1, -0.05) is 13.8 Å². The van der Waals surface area contributed by atoms with Crippen LogP contribution < -0.4 is 34.7 Å². The molecule has 0 aliphatic heterocycles. The van der Waals surface area contributed by atoms with E-state index in [-0.39, 0.29) is 42.6 Å². The number of halogens is 1. The average Bonchev–Trinajstić information content (AvgIpc) is 2.02. The van der Waals surface area contributed by atoms with E-state index in [4.69, 9.17) is 0 Å². The van der Waals surface area contributed by atoms with Crippen LogP contribution in [0.15, 0.2) is 11.8 Å². The summed E-state index contributed by atoms with van der Waals surface area (Å²) >= 11 is 0. The second kappa shape index (κ2) is 7.58. The van der Waals surface area contributed by atoms with E-state index in [1.165, 1.54) is 6.92 Å². The first-order valence-corrected chi connectivity index (χ1v) is 3.36. The zero-order valence-electron chi connectivity index (χ0n) is 7.52. The third-order valence-corrected chi connectivity index (χ3v) is 1.02. The van der Waals surface area contributed by atoms with Crippen molar-refractivity contribution in [1.82, 2.24) is 0 Å². The van der Waals surface area contributed by atoms with E-state index in [2.05, 4.69) is 4.74 Å². The molecule has 0 spiro atoms. The van der Waals surface area contributed by atoms with Gasteiger partial charge in [0.05, 0.1) is 5.95 Å². The van der Waals surface area contributed by atoms with Crippen LogP contribution in [0.1, 0.15) is 20.3 Å². The van der Waals surface area contributed by atoms with Gasteiger partial charge in [0.1, 0.15) is 0 Å². The maximum absolute atomic E-state index is 12.5. The molecule has 0 aliphatic carbocycles. The second-order valence-corrected chi connectivity index (χ2v) is 1.81. The van der Waals surface area contributed by atoms with Crippen LogP contribution >= 0.6 is 0 Å². The zero-order chi connectivity index (χ0) is 8.85. The van der Waals surface area contributed by atoms with Gasteiger partial charge in [0, 0.05) is 6.42 Å². The minimum Gasteiger partial charge on any atom is -0.611 e. The van der Waals surface area contributed by atoms with Crippen molar-refractivity contribution in [3.63, 3.8) is 0 Å². The zero-order valence-corrected chi connectivity index (χ0v) is 9.52. The number of hydrogen-bond donors (Lipinski definition) is 0. The molecule has 0 aromatic rings. The maximum Gasteiger partial charge on any atom is 1.00 e. The number of Topliss-reactive ketones (excluding diaryl/α,β-unsaturated/α-hetero) is 1. The number of rotatable bonds is 4. The minimum atomic E-state index is -1.31. The summed E-state index contributed by atoms with van der Waals surface area (Å²) in [5, 5.41) is 10.5. The van der Waals surface area contributed by atoms with Crippen LogP contribution in [-0.4, -0.2) is 12.4 Å². The van der Waals surface area contributed by atoms with Gasteiger partial charge in [-0.15, -0.1) is 0 Å². The third-order valence-electron chi connectivity index (χ3n) is 1.02. The Morgan fingerprint density at radius 1 is 1.50 bits per heavy atom. The van der Waals surface area contributed by atoms with Crippen molar-refractivity contribution in [2.24, 2.45) is 0 Å². The molecule has 5 heteroatoms. The topological polar surface area (TPSA) is 49.4 Å². The molecule has 0 rings (SSSR count). The van der Waals surface area contributed by atoms with Crippen LogP contribution in [0.2, 0.25) is 0 Å². The summed E-state index contributed by atoms with van der Waals surface area (Å²) in [5.41, 5.74) is 0. The quantitative estimate of drug-likeness (QED) is 0.276. The molecule has 0 N–H and O–H groups in total. The summed E-state index contributed by atoms with van der Waals surface area (Å²) in [7, 11) is 0. The Labute approximate surface area is 92.9 Å². The van der Waals surface area contributed by atoms with Gasteiger partial charge in [-0.3, -0.25) is 4.79 Å². The van der Waals surface area contributed by atoms with Crippen molar-refractivity contribution in [3.05, 3.63) is 11.8 Å². The van der Waals surface area contributed by atoms with Gasteiger partial charge in [-0.2, -0.15) is 0 Å². The first-order chi connectivity index (χ1) is 5.13. The van der Waals surface area contributed by atoms with Crippen molar-refractivity contribution in [3.8, 4) is 0 Å². The van der Waals surface area contributed by atoms with Gasteiger partial charge in [0.25, 0.3) is 0 Å². The minimum absolute atomic E-state index is 0. The Balaban J connectivity index is 0. The van der Waals surface area contributed by atoms with E-state index in [0.717, 1.165) is 0 Å². The third kappa shape index (κ3) is 4.74. The van der Waals surface area contributed by atoms with E-state index in [1.807, 2.05) is 0 Å². The van der Waals surface area contributed by atoms with Gasteiger partial charge in [0.2, 0.25) is 0 Å². The van der Waals surface area contributed by atoms with Crippen molar-refractivity contribution in [2.75, 3.05) is 6.61 Å². The molecule has 0 fully saturated rings. The monoisotopic (exact) mass is 184 g/mol. The van der Waals surface area contributed by atoms with E-state index < -0.39 is 17.6 Å². The van der Waals surface area contributed by atoms with Crippen molar-refractivity contribution >= 4 is 5.78 Å². The van der Waals surface area contributed by atoms with Gasteiger partial charge in [-0.05, 0) is 6.61 Å². The average molecular weight is 184 g/mol. The fourth-order valence-electron chi connectivity index (χ4n) is 0.463. The van der Waals surface area contributed by atoms with Crippen LogP contribution in [0, 0.1) is 0 Å². The molecule has 0 aromatic heterocycles. The maximum atomic E-state index is 12.5. The normalized spacial score (nSPS) is 11.2. The molecule has 0 heterocycles. The molecular formula is C7H10FNaO3. The Hall–Kier alpha value is -0.0600. The van der Waals surface area contributed by atoms with E-state index in [0.29, 0.717) is 0 Å². The SMILES string of the molecule is CCO/C([O-])=C(\F)C(=O)CC.[Na+]. The van der Waals surface area contributed by atoms with Gasteiger partial charge >= 0.3 is 29.6 Å². The number of allylic oxidation sites excluding steroid dienone is 1. The fourth-order valence-corrected chi connectivity index (χ4v) is 0.463. The van der Waals surface area contributed by atoms with Gasteiger partial charge < -0.3 is 9.84 Å². The molecule has 0 amide bonds. The Morgan fingerprint density at radius 2 is 2.00 bits per heavy atom. The number of hydrogen-bond acceptors (Lipinski definition) is 3. The van der Waals surface area contributed by atoms with Crippen LogP contribution in [0.4, 0.5) is 4.39 Å². The van der Waals surface area contributed by atoms with Crippen molar-refractivity contribution in [1.29, 1.82) is 0 Å². The predicted octanol–water partition coefficient (Wildman–Crippen LogP) is -2.50. The summed E-state index contributed by atoms with van der Waals surface area (Å²) in [6, 6.07) is 0. The van der Waals surface area contributed by atoms with Crippen LogP contribution in [0.3, 0.4) is 0 Å². The van der Waals surface area contributed by atoms with E-state index in [9.17, 15) is 14.3 Å². The van der Waals surface area contributed by atoms with Crippen LogP contribution in [-0.2, 0) is 9.53 Å². The summed E-state index contributed by atoms with van der Waals surface area (Å²) in [5.74, 6) is -3.29. The fraction of sp³-hybridized carbons (Fsp3) is 0.571. The Kier molecular flexibility index (Phi) is 9.14. The molecule has 0 bridgehead atoms. The molecule has 64 valence electrons. The summed E-state index contributed by atoms with van der Waals surface area (Å²) in [4.78, 5) is 10.5. The molecule has 12 heavy (non-hydrogen) atoms. The second-order valence-electron chi connectivity index (χ2n) is 1.81. The summed E-state index contributed by atoms with van der Waals surface area (Å²) < 4.78 is 16.7. The van der Waals surface area contributed by atoms with Gasteiger partial charge in [-0.25, -0.2) is 4.39 Å². The van der Waals surface area contributed by atoms with Crippen molar-refractivity contribution < 1.29 is 48.6 Å². The largest absolute Gasteiger partial charge is 1.00 e. The summed E-state index contributed by atoms with van der Waals surface area (Å²) in [6.07, 6.45) is -0.0232. The molecule has 0 atom stereocenters. The smallest absolute Gasteiger partial charge is 0.611 e. The first-order valence-electron chi connectivity index (χ1n) is 3.36. The number of carbonyl (C=O) groups is 1. The molecule has 0 saturated carbocycles. The molecule has 3 nitrogen and oxygen atoms in total. The molecular weight excluding hydrogens is 174 g/mol. The molecule has 0 saturated heterocycles. The predicted molar refractivity (Wildman–Crippen MR) is 35.1 cm³/mol. The number of ether oxygens (including phenoxy) is 1. The first kappa shape index (κ1) is 14.5. The van der Waals surface area contributed by atoms with Gasteiger partial charge in [0.15, 0.2) is 11.6 Å². The molecule has 0 radical (unpaired) electrons. The molecule has 0 unspecified atom stereocenters. The van der Waals surface area contributed by atoms with E-state index >= 15 is 0 Å². The van der Waals surface area contributed by atoms with Crippen LogP contribution in [0.25, 0.3) is 0 Å². The number of ketones is 1. The van der Waals surface area contributed by atoms with Crippen molar-refractivity contribution in [2.45, 2.75) is 20.3 Å². The molecule has 0 aliphatic rings. The van der Waals surface area contributed by atoms with E-state index in [1.54, 1.807) is 6.92 Å². The summed E-state index contributed by atoms with van der Waals surface area (Å²) in [6.45, 7) is 3.09. The number of carbonyl (C=O) groups excluding carboxylic acids is 1.